The van der Waals surface area contributed by atoms with Crippen LogP contribution < -0.4 is 5.56 Å². The summed E-state index contributed by atoms with van der Waals surface area (Å²) in [5.74, 6) is -0.712. The fraction of sp³-hybridized carbons (Fsp3) is 0.136. The van der Waals surface area contributed by atoms with Gasteiger partial charge in [0.2, 0.25) is 0 Å². The molecule has 1 aliphatic heterocycles. The van der Waals surface area contributed by atoms with E-state index in [0.29, 0.717) is 27.7 Å². The van der Waals surface area contributed by atoms with Crippen LogP contribution in [0.4, 0.5) is 5.69 Å². The predicted molar refractivity (Wildman–Crippen MR) is 116 cm³/mol. The number of benzene rings is 2. The van der Waals surface area contributed by atoms with Gasteiger partial charge in [-0.2, -0.15) is 5.10 Å². The lowest BCUT2D eigenvalue weighted by Gasteiger charge is -2.14. The second-order valence-corrected chi connectivity index (χ2v) is 7.51. The second-order valence-electron chi connectivity index (χ2n) is 7.51. The van der Waals surface area contributed by atoms with Crippen LogP contribution in [0, 0.1) is 10.1 Å². The number of nitro groups is 1. The molecule has 0 atom stereocenters. The van der Waals surface area contributed by atoms with E-state index >= 15 is 0 Å². The van der Waals surface area contributed by atoms with Crippen molar-refractivity contribution in [2.45, 2.75) is 13.1 Å². The maximum atomic E-state index is 12.9. The minimum Gasteiger partial charge on any atom is -0.294 e. The summed E-state index contributed by atoms with van der Waals surface area (Å²) >= 11 is 0. The van der Waals surface area contributed by atoms with Crippen LogP contribution >= 0.6 is 0 Å². The number of nitrogens with zero attached hydrogens (tertiary/aromatic N) is 6. The van der Waals surface area contributed by atoms with Gasteiger partial charge in [-0.05, 0) is 17.7 Å². The van der Waals surface area contributed by atoms with E-state index in [4.69, 9.17) is 0 Å². The monoisotopic (exact) mass is 444 g/mol. The molecule has 0 spiro atoms. The molecule has 0 N–H and O–H groups in total. The molecule has 0 bridgehead atoms. The third kappa shape index (κ3) is 3.45. The normalized spacial score (nSPS) is 13.0. The number of amides is 2. The Hall–Kier alpha value is -4.67. The van der Waals surface area contributed by atoms with Gasteiger partial charge in [0.05, 0.1) is 35.3 Å². The van der Waals surface area contributed by atoms with E-state index in [0.717, 1.165) is 4.90 Å². The number of nitro benzene ring substituents is 1. The molecule has 0 fully saturated rings. The van der Waals surface area contributed by atoms with E-state index in [9.17, 15) is 24.5 Å². The molecule has 1 aliphatic rings. The van der Waals surface area contributed by atoms with E-state index in [2.05, 4.69) is 10.1 Å². The number of non-ortho nitro benzene ring substituents is 1. The van der Waals surface area contributed by atoms with Gasteiger partial charge < -0.3 is 0 Å². The van der Waals surface area contributed by atoms with Crippen LogP contribution in [-0.2, 0) is 13.1 Å². The van der Waals surface area contributed by atoms with Gasteiger partial charge in [0.25, 0.3) is 23.1 Å². The highest BCUT2D eigenvalue weighted by molar-refractivity contribution is 6.21. The summed E-state index contributed by atoms with van der Waals surface area (Å²) < 4.78 is 2.87. The van der Waals surface area contributed by atoms with Crippen molar-refractivity contribution in [1.82, 2.24) is 24.2 Å². The van der Waals surface area contributed by atoms with Crippen molar-refractivity contribution in [3.8, 4) is 0 Å². The molecule has 2 aromatic heterocycles. The van der Waals surface area contributed by atoms with Gasteiger partial charge in [0.1, 0.15) is 11.7 Å². The van der Waals surface area contributed by atoms with Gasteiger partial charge in [-0.15, -0.1) is 0 Å². The lowest BCUT2D eigenvalue weighted by atomic mass is 10.1. The van der Waals surface area contributed by atoms with Crippen molar-refractivity contribution in [1.29, 1.82) is 0 Å². The summed E-state index contributed by atoms with van der Waals surface area (Å²) in [7, 11) is 0. The first-order valence-electron chi connectivity index (χ1n) is 10.0. The third-order valence-electron chi connectivity index (χ3n) is 5.54. The smallest absolute Gasteiger partial charge is 0.269 e. The molecule has 11 heteroatoms. The van der Waals surface area contributed by atoms with Gasteiger partial charge >= 0.3 is 0 Å². The summed E-state index contributed by atoms with van der Waals surface area (Å²) in [5.41, 5.74) is 1.46. The number of imide groups is 1. The fourth-order valence-corrected chi connectivity index (χ4v) is 3.83. The van der Waals surface area contributed by atoms with Gasteiger partial charge in [0, 0.05) is 18.7 Å². The van der Waals surface area contributed by atoms with Crippen molar-refractivity contribution in [3.05, 3.63) is 98.2 Å². The van der Waals surface area contributed by atoms with Gasteiger partial charge in [0.15, 0.2) is 5.65 Å². The highest BCUT2D eigenvalue weighted by atomic mass is 16.6. The van der Waals surface area contributed by atoms with Crippen LogP contribution in [0.2, 0.25) is 0 Å². The molecule has 3 heterocycles. The van der Waals surface area contributed by atoms with Crippen molar-refractivity contribution < 1.29 is 14.5 Å². The Kier molecular flexibility index (Phi) is 4.78. The molecular weight excluding hydrogens is 428 g/mol. The summed E-state index contributed by atoms with van der Waals surface area (Å²) in [6.07, 6.45) is 2.78. The second kappa shape index (κ2) is 7.79. The van der Waals surface area contributed by atoms with Crippen molar-refractivity contribution in [3.63, 3.8) is 0 Å². The van der Waals surface area contributed by atoms with Crippen LogP contribution in [0.15, 0.2) is 65.8 Å². The first kappa shape index (κ1) is 20.2. The Morgan fingerprint density at radius 2 is 1.58 bits per heavy atom. The molecule has 0 unspecified atom stereocenters. The van der Waals surface area contributed by atoms with E-state index < -0.39 is 4.92 Å². The SMILES string of the molecule is O=C1c2ccccc2C(=O)N1CCn1ncc2c(=O)n(Cc3ccc([N+](=O)[O-])cc3)cnc21. The summed E-state index contributed by atoms with van der Waals surface area (Å²) in [6.45, 7) is 0.477. The first-order chi connectivity index (χ1) is 15.9. The number of hydrogen-bond donors (Lipinski definition) is 0. The number of carbonyl (C=O) groups is 2. The Morgan fingerprint density at radius 1 is 0.909 bits per heavy atom. The molecule has 164 valence electrons. The largest absolute Gasteiger partial charge is 0.294 e. The fourth-order valence-electron chi connectivity index (χ4n) is 3.83. The standard InChI is InChI=1S/C22H16N6O5/c29-20-18-11-24-27(10-9-26-21(30)16-3-1-2-4-17(16)22(26)31)19(18)23-13-25(20)12-14-5-7-15(8-6-14)28(32)33/h1-8,11,13H,9-10,12H2. The van der Waals surface area contributed by atoms with Gasteiger partial charge in [-0.25, -0.2) is 9.67 Å². The van der Waals surface area contributed by atoms with Crippen LogP contribution in [-0.4, -0.2) is 47.5 Å². The van der Waals surface area contributed by atoms with E-state index in [1.165, 1.54) is 33.9 Å². The quantitative estimate of drug-likeness (QED) is 0.252. The molecule has 11 nitrogen and oxygen atoms in total. The molecule has 0 aliphatic carbocycles. The van der Waals surface area contributed by atoms with E-state index in [-0.39, 0.29) is 42.7 Å². The molecule has 0 radical (unpaired) electrons. The zero-order chi connectivity index (χ0) is 23.1. The lowest BCUT2D eigenvalue weighted by Crippen LogP contribution is -2.33. The molecular formula is C22H16N6O5. The Bertz CT molecular complexity index is 1450. The molecule has 2 amide bonds. The van der Waals surface area contributed by atoms with Crippen LogP contribution in [0.3, 0.4) is 0 Å². The summed E-state index contributed by atoms with van der Waals surface area (Å²) in [4.78, 5) is 53.7. The number of aromatic nitrogens is 4. The number of carbonyl (C=O) groups excluding carboxylic acids is 2. The zero-order valence-corrected chi connectivity index (χ0v) is 17.1. The maximum Gasteiger partial charge on any atom is 0.269 e. The Labute approximate surface area is 185 Å². The molecule has 5 rings (SSSR count). The topological polar surface area (TPSA) is 133 Å². The molecule has 33 heavy (non-hydrogen) atoms. The lowest BCUT2D eigenvalue weighted by molar-refractivity contribution is -0.384. The van der Waals surface area contributed by atoms with Crippen LogP contribution in [0.5, 0.6) is 0 Å². The number of hydrogen-bond acceptors (Lipinski definition) is 7. The average Bonchev–Trinajstić information content (AvgIpc) is 3.34. The summed E-state index contributed by atoms with van der Waals surface area (Å²) in [6, 6.07) is 12.6. The highest BCUT2D eigenvalue weighted by Crippen LogP contribution is 2.22. The zero-order valence-electron chi connectivity index (χ0n) is 17.1. The molecule has 4 aromatic rings. The molecule has 0 saturated heterocycles. The van der Waals surface area contributed by atoms with Crippen molar-refractivity contribution in [2.24, 2.45) is 0 Å². The number of fused-ring (bicyclic) bond motifs is 2. The summed E-state index contributed by atoms with van der Waals surface area (Å²) in [5, 5.41) is 15.3. The van der Waals surface area contributed by atoms with E-state index in [1.54, 1.807) is 36.4 Å². The minimum atomic E-state index is -0.486. The highest BCUT2D eigenvalue weighted by Gasteiger charge is 2.34. The maximum absolute atomic E-state index is 12.9. The first-order valence-corrected chi connectivity index (χ1v) is 10.0. The van der Waals surface area contributed by atoms with E-state index in [1.807, 2.05) is 0 Å². The van der Waals surface area contributed by atoms with Crippen molar-refractivity contribution >= 4 is 28.5 Å². The Morgan fingerprint density at radius 3 is 2.21 bits per heavy atom. The van der Waals surface area contributed by atoms with Crippen molar-refractivity contribution in [2.75, 3.05) is 6.54 Å². The third-order valence-corrected chi connectivity index (χ3v) is 5.54. The average molecular weight is 444 g/mol. The van der Waals surface area contributed by atoms with Gasteiger partial charge in [-0.3, -0.25) is 34.0 Å². The van der Waals surface area contributed by atoms with Gasteiger partial charge in [-0.1, -0.05) is 24.3 Å². The van der Waals surface area contributed by atoms with Crippen LogP contribution in [0.1, 0.15) is 26.3 Å². The minimum absolute atomic E-state index is 0.0287. The number of rotatable bonds is 6. The van der Waals surface area contributed by atoms with Crippen LogP contribution in [0.25, 0.3) is 11.0 Å². The molecule has 2 aromatic carbocycles. The predicted octanol–water partition coefficient (Wildman–Crippen LogP) is 1.85. The Balaban J connectivity index is 1.35. The molecule has 0 saturated carbocycles.